The molecule has 0 amide bonds. The average Bonchev–Trinajstić information content (AvgIpc) is 2.97. The van der Waals surface area contributed by atoms with E-state index < -0.39 is 11.9 Å². The summed E-state index contributed by atoms with van der Waals surface area (Å²) in [5.41, 5.74) is 9.16. The summed E-state index contributed by atoms with van der Waals surface area (Å²) >= 11 is 6.28. The number of nitriles is 1. The summed E-state index contributed by atoms with van der Waals surface area (Å²) in [5.74, 6) is 0.673. The number of nitrogens with zero attached hydrogens (tertiary/aromatic N) is 1. The molecule has 0 radical (unpaired) electrons. The molecule has 4 aromatic rings. The fourth-order valence-corrected chi connectivity index (χ4v) is 4.64. The summed E-state index contributed by atoms with van der Waals surface area (Å²) in [7, 11) is 0. The minimum absolute atomic E-state index is 0.0245. The molecule has 0 aromatic heterocycles. The Labute approximate surface area is 236 Å². The van der Waals surface area contributed by atoms with Crippen molar-refractivity contribution in [2.24, 2.45) is 5.73 Å². The molecule has 0 spiro atoms. The smallest absolute Gasteiger partial charge is 0.343 e. The Kier molecular flexibility index (Phi) is 7.90. The SMILES string of the molecule is CCOc1cc(C2C(C#N)=C(N)Oc3cc(OC(=O)c4ccccc4)ccc32)ccc1OCc1ccccc1Cl. The second-order valence-electron chi connectivity index (χ2n) is 8.90. The average molecular weight is 553 g/mol. The lowest BCUT2D eigenvalue weighted by molar-refractivity contribution is 0.0734. The van der Waals surface area contributed by atoms with Gasteiger partial charge in [0.25, 0.3) is 0 Å². The number of rotatable bonds is 8. The fraction of sp³-hybridized carbons (Fsp3) is 0.125. The van der Waals surface area contributed by atoms with Gasteiger partial charge in [0, 0.05) is 22.2 Å². The van der Waals surface area contributed by atoms with Crippen molar-refractivity contribution in [3.05, 3.63) is 130 Å². The van der Waals surface area contributed by atoms with Gasteiger partial charge >= 0.3 is 5.97 Å². The first kappa shape index (κ1) is 26.7. The normalized spacial score (nSPS) is 14.0. The molecule has 200 valence electrons. The number of ether oxygens (including phenoxy) is 4. The summed E-state index contributed by atoms with van der Waals surface area (Å²) < 4.78 is 23.3. The lowest BCUT2D eigenvalue weighted by Crippen LogP contribution is -2.21. The quantitative estimate of drug-likeness (QED) is 0.190. The monoisotopic (exact) mass is 552 g/mol. The molecule has 0 bridgehead atoms. The summed E-state index contributed by atoms with van der Waals surface area (Å²) in [5, 5.41) is 10.6. The predicted molar refractivity (Wildman–Crippen MR) is 151 cm³/mol. The zero-order chi connectivity index (χ0) is 28.1. The molecule has 0 saturated carbocycles. The van der Waals surface area contributed by atoms with E-state index >= 15 is 0 Å². The van der Waals surface area contributed by atoms with Crippen molar-refractivity contribution in [2.75, 3.05) is 6.61 Å². The van der Waals surface area contributed by atoms with E-state index in [1.807, 2.05) is 49.4 Å². The molecule has 40 heavy (non-hydrogen) atoms. The summed E-state index contributed by atoms with van der Waals surface area (Å²) in [4.78, 5) is 12.6. The van der Waals surface area contributed by atoms with Crippen LogP contribution in [0.2, 0.25) is 5.02 Å². The number of fused-ring (bicyclic) bond motifs is 1. The second-order valence-corrected chi connectivity index (χ2v) is 9.31. The maximum absolute atomic E-state index is 12.6. The van der Waals surface area contributed by atoms with E-state index in [2.05, 4.69) is 6.07 Å². The molecule has 0 saturated heterocycles. The number of halogens is 1. The topological polar surface area (TPSA) is 104 Å². The van der Waals surface area contributed by atoms with Crippen LogP contribution in [0.1, 0.15) is 39.9 Å². The third-order valence-corrected chi connectivity index (χ3v) is 6.72. The third-order valence-electron chi connectivity index (χ3n) is 6.35. The van der Waals surface area contributed by atoms with Crippen LogP contribution in [0.25, 0.3) is 0 Å². The van der Waals surface area contributed by atoms with Gasteiger partial charge in [-0.3, -0.25) is 0 Å². The zero-order valence-corrected chi connectivity index (χ0v) is 22.4. The number of carbonyl (C=O) groups is 1. The van der Waals surface area contributed by atoms with Gasteiger partial charge in [0.05, 0.1) is 18.1 Å². The van der Waals surface area contributed by atoms with Gasteiger partial charge < -0.3 is 24.7 Å². The molecule has 1 aliphatic rings. The number of carbonyl (C=O) groups excluding carboxylic acids is 1. The highest BCUT2D eigenvalue weighted by Gasteiger charge is 2.32. The van der Waals surface area contributed by atoms with Gasteiger partial charge in [-0.25, -0.2) is 4.79 Å². The van der Waals surface area contributed by atoms with Crippen LogP contribution in [0.15, 0.2) is 102 Å². The summed E-state index contributed by atoms with van der Waals surface area (Å²) in [6.45, 7) is 2.56. The maximum atomic E-state index is 12.6. The fourth-order valence-electron chi connectivity index (χ4n) is 4.45. The van der Waals surface area contributed by atoms with E-state index in [0.29, 0.717) is 40.0 Å². The number of benzene rings is 4. The van der Waals surface area contributed by atoms with Gasteiger partial charge in [0.1, 0.15) is 29.7 Å². The minimum Gasteiger partial charge on any atom is -0.490 e. The Morgan fingerprint density at radius 2 is 1.75 bits per heavy atom. The van der Waals surface area contributed by atoms with Crippen LogP contribution in [0.5, 0.6) is 23.0 Å². The molecule has 8 heteroatoms. The standard InChI is InChI=1S/C32H25ClN2O5/c1-2-37-29-16-21(12-15-27(29)38-19-22-10-6-7-11-26(22)33)30-24-14-13-23(17-28(24)40-31(35)25(30)18-34)39-32(36)20-8-4-3-5-9-20/h3-17,30H,2,19,35H2,1H3. The van der Waals surface area contributed by atoms with Gasteiger partial charge in [-0.05, 0) is 48.9 Å². The largest absolute Gasteiger partial charge is 0.490 e. The lowest BCUT2D eigenvalue weighted by atomic mass is 9.83. The van der Waals surface area contributed by atoms with Crippen molar-refractivity contribution in [3.63, 3.8) is 0 Å². The van der Waals surface area contributed by atoms with Crippen molar-refractivity contribution in [1.29, 1.82) is 5.26 Å². The number of hydrogen-bond donors (Lipinski definition) is 1. The molecule has 0 aliphatic carbocycles. The summed E-state index contributed by atoms with van der Waals surface area (Å²) in [6, 6.07) is 28.8. The highest BCUT2D eigenvalue weighted by atomic mass is 35.5. The van der Waals surface area contributed by atoms with Crippen LogP contribution in [-0.2, 0) is 6.61 Å². The van der Waals surface area contributed by atoms with Crippen LogP contribution in [0.3, 0.4) is 0 Å². The molecule has 1 unspecified atom stereocenters. The van der Waals surface area contributed by atoms with Gasteiger partial charge in [-0.1, -0.05) is 60.1 Å². The van der Waals surface area contributed by atoms with Gasteiger partial charge in [0.2, 0.25) is 5.88 Å². The van der Waals surface area contributed by atoms with Gasteiger partial charge in [-0.15, -0.1) is 0 Å². The number of hydrogen-bond acceptors (Lipinski definition) is 7. The second kappa shape index (κ2) is 11.9. The highest BCUT2D eigenvalue weighted by Crippen LogP contribution is 2.45. The molecule has 1 atom stereocenters. The maximum Gasteiger partial charge on any atom is 0.343 e. The van der Waals surface area contributed by atoms with E-state index in [0.717, 1.165) is 11.1 Å². The van der Waals surface area contributed by atoms with E-state index in [-0.39, 0.29) is 23.8 Å². The number of esters is 1. The van der Waals surface area contributed by atoms with E-state index in [1.54, 1.807) is 48.5 Å². The molecule has 1 aliphatic heterocycles. The van der Waals surface area contributed by atoms with Gasteiger partial charge in [-0.2, -0.15) is 5.26 Å². The van der Waals surface area contributed by atoms with E-state index in [4.69, 9.17) is 36.3 Å². The van der Waals surface area contributed by atoms with Crippen LogP contribution in [0.4, 0.5) is 0 Å². The first-order valence-electron chi connectivity index (χ1n) is 12.6. The Hall–Kier alpha value is -4.93. The number of allylic oxidation sites excluding steroid dienone is 1. The van der Waals surface area contributed by atoms with Crippen molar-refractivity contribution >= 4 is 17.6 Å². The molecule has 4 aromatic carbocycles. The van der Waals surface area contributed by atoms with Crippen LogP contribution >= 0.6 is 11.6 Å². The van der Waals surface area contributed by atoms with E-state index in [9.17, 15) is 10.1 Å². The zero-order valence-electron chi connectivity index (χ0n) is 21.6. The molecule has 1 heterocycles. The van der Waals surface area contributed by atoms with E-state index in [1.165, 1.54) is 0 Å². The van der Waals surface area contributed by atoms with Crippen LogP contribution in [-0.4, -0.2) is 12.6 Å². The Bertz CT molecular complexity index is 1630. The molecular formula is C32H25ClN2O5. The van der Waals surface area contributed by atoms with Crippen molar-refractivity contribution < 1.29 is 23.7 Å². The molecule has 0 fully saturated rings. The van der Waals surface area contributed by atoms with Crippen molar-refractivity contribution in [2.45, 2.75) is 19.4 Å². The summed E-state index contributed by atoms with van der Waals surface area (Å²) in [6.07, 6.45) is 0. The predicted octanol–water partition coefficient (Wildman–Crippen LogP) is 6.76. The number of nitrogens with two attached hydrogens (primary N) is 1. The Morgan fingerprint density at radius 3 is 2.50 bits per heavy atom. The van der Waals surface area contributed by atoms with Crippen molar-refractivity contribution in [3.8, 4) is 29.1 Å². The molecule has 5 rings (SSSR count). The van der Waals surface area contributed by atoms with Gasteiger partial charge in [0.15, 0.2) is 11.5 Å². The molecule has 2 N–H and O–H groups in total. The van der Waals surface area contributed by atoms with Crippen LogP contribution < -0.4 is 24.7 Å². The first-order chi connectivity index (χ1) is 19.5. The lowest BCUT2D eigenvalue weighted by Gasteiger charge is -2.27. The van der Waals surface area contributed by atoms with Crippen molar-refractivity contribution in [1.82, 2.24) is 0 Å². The van der Waals surface area contributed by atoms with Crippen LogP contribution in [0, 0.1) is 11.3 Å². The molecule has 7 nitrogen and oxygen atoms in total. The first-order valence-corrected chi connectivity index (χ1v) is 13.0. The minimum atomic E-state index is -0.538. The Balaban J connectivity index is 1.46. The highest BCUT2D eigenvalue weighted by molar-refractivity contribution is 6.31. The molecular weight excluding hydrogens is 528 g/mol. The Morgan fingerprint density at radius 1 is 0.975 bits per heavy atom. The third kappa shape index (κ3) is 5.58.